The van der Waals surface area contributed by atoms with E-state index in [1.807, 2.05) is 13.0 Å². The summed E-state index contributed by atoms with van der Waals surface area (Å²) in [6.07, 6.45) is 0. The van der Waals surface area contributed by atoms with Crippen LogP contribution in [0.4, 0.5) is 5.69 Å². The van der Waals surface area contributed by atoms with E-state index in [1.165, 1.54) is 7.11 Å². The number of amides is 2. The highest BCUT2D eigenvalue weighted by atomic mass is 16.5. The van der Waals surface area contributed by atoms with Crippen LogP contribution in [0, 0.1) is 6.92 Å². The lowest BCUT2D eigenvalue weighted by molar-refractivity contribution is 0.0590. The number of benzene rings is 2. The van der Waals surface area contributed by atoms with Crippen LogP contribution < -0.4 is 4.90 Å². The Hall–Kier alpha value is -3.54. The largest absolute Gasteiger partial charge is 0.464 e. The molecule has 0 saturated heterocycles. The first-order valence-electron chi connectivity index (χ1n) is 7.99. The van der Waals surface area contributed by atoms with Gasteiger partial charge in [0.1, 0.15) is 0 Å². The fourth-order valence-corrected chi connectivity index (χ4v) is 3.18. The maximum atomic E-state index is 13.1. The molecule has 4 rings (SSSR count). The number of rotatable bonds is 2. The van der Waals surface area contributed by atoms with Crippen LogP contribution in [0.2, 0.25) is 0 Å². The molecule has 1 aliphatic heterocycles. The Bertz CT molecular complexity index is 1090. The lowest BCUT2D eigenvalue weighted by Gasteiger charge is -2.13. The van der Waals surface area contributed by atoms with Crippen molar-refractivity contribution in [2.75, 3.05) is 12.0 Å². The number of hydrogen-bond acceptors (Lipinski definition) is 5. The molecule has 0 fully saturated rings. The topological polar surface area (TPSA) is 76.6 Å². The molecule has 128 valence electrons. The van der Waals surface area contributed by atoms with E-state index >= 15 is 0 Å². The number of nitrogens with zero attached hydrogens (tertiary/aromatic N) is 2. The van der Waals surface area contributed by atoms with Gasteiger partial charge < -0.3 is 4.74 Å². The molecule has 0 radical (unpaired) electrons. The van der Waals surface area contributed by atoms with Gasteiger partial charge in [-0.1, -0.05) is 29.8 Å². The molecule has 0 unspecified atom stereocenters. The summed E-state index contributed by atoms with van der Waals surface area (Å²) in [6, 6.07) is 13.9. The average molecular weight is 346 g/mol. The quantitative estimate of drug-likeness (QED) is 0.526. The summed E-state index contributed by atoms with van der Waals surface area (Å²) in [4.78, 5) is 43.7. The number of fused-ring (bicyclic) bond motifs is 3. The zero-order valence-corrected chi connectivity index (χ0v) is 14.1. The van der Waals surface area contributed by atoms with E-state index in [-0.39, 0.29) is 16.8 Å². The van der Waals surface area contributed by atoms with Gasteiger partial charge in [-0.3, -0.25) is 9.59 Å². The minimum absolute atomic E-state index is 0.0104. The van der Waals surface area contributed by atoms with E-state index < -0.39 is 17.8 Å². The van der Waals surface area contributed by atoms with Crippen molar-refractivity contribution in [1.82, 2.24) is 4.98 Å². The third-order valence-electron chi connectivity index (χ3n) is 4.37. The van der Waals surface area contributed by atoms with Gasteiger partial charge >= 0.3 is 5.97 Å². The second kappa shape index (κ2) is 5.77. The highest BCUT2D eigenvalue weighted by Crippen LogP contribution is 2.35. The van der Waals surface area contributed by atoms with Crippen molar-refractivity contribution in [3.05, 3.63) is 70.9 Å². The molecule has 0 spiro atoms. The molecule has 0 bridgehead atoms. The fraction of sp³-hybridized carbons (Fsp3) is 0.100. The van der Waals surface area contributed by atoms with Crippen molar-refractivity contribution in [2.45, 2.75) is 6.92 Å². The van der Waals surface area contributed by atoms with Crippen molar-refractivity contribution in [3.63, 3.8) is 0 Å². The summed E-state index contributed by atoms with van der Waals surface area (Å²) >= 11 is 0. The maximum absolute atomic E-state index is 13.1. The number of carbonyl (C=O) groups is 3. The molecular weight excluding hydrogens is 332 g/mol. The Morgan fingerprint density at radius 2 is 1.69 bits per heavy atom. The van der Waals surface area contributed by atoms with E-state index in [2.05, 4.69) is 4.98 Å². The maximum Gasteiger partial charge on any atom is 0.357 e. The molecule has 3 aromatic rings. The van der Waals surface area contributed by atoms with E-state index in [1.54, 1.807) is 42.5 Å². The number of imide groups is 1. The number of methoxy groups -OCH3 is 1. The van der Waals surface area contributed by atoms with Gasteiger partial charge in [0.15, 0.2) is 5.69 Å². The number of esters is 1. The predicted molar refractivity (Wildman–Crippen MR) is 95.4 cm³/mol. The van der Waals surface area contributed by atoms with Gasteiger partial charge in [0.2, 0.25) is 0 Å². The van der Waals surface area contributed by atoms with Crippen LogP contribution in [0.5, 0.6) is 0 Å². The Morgan fingerprint density at radius 3 is 2.38 bits per heavy atom. The SMILES string of the molecule is COC(=O)c1nc2ccc(C)cc2c2c1C(=O)N(c1ccccc1)C2=O. The lowest BCUT2D eigenvalue weighted by atomic mass is 10.0. The highest BCUT2D eigenvalue weighted by molar-refractivity contribution is 6.39. The van der Waals surface area contributed by atoms with E-state index in [4.69, 9.17) is 4.74 Å². The van der Waals surface area contributed by atoms with E-state index in [0.717, 1.165) is 10.5 Å². The van der Waals surface area contributed by atoms with Crippen molar-refractivity contribution >= 4 is 34.4 Å². The summed E-state index contributed by atoms with van der Waals surface area (Å²) in [6.45, 7) is 1.89. The summed E-state index contributed by atoms with van der Waals surface area (Å²) in [5.74, 6) is -1.80. The molecule has 1 aliphatic rings. The van der Waals surface area contributed by atoms with Crippen LogP contribution in [0.1, 0.15) is 36.8 Å². The zero-order valence-electron chi connectivity index (χ0n) is 14.1. The minimum Gasteiger partial charge on any atom is -0.464 e. The summed E-state index contributed by atoms with van der Waals surface area (Å²) in [5, 5.41) is 0.546. The minimum atomic E-state index is -0.750. The number of anilines is 1. The number of pyridine rings is 1. The number of para-hydroxylation sites is 1. The molecule has 0 aliphatic carbocycles. The number of aryl methyl sites for hydroxylation is 1. The van der Waals surface area contributed by atoms with E-state index in [0.29, 0.717) is 16.6 Å². The van der Waals surface area contributed by atoms with Gasteiger partial charge in [-0.2, -0.15) is 0 Å². The Kier molecular flexibility index (Phi) is 3.54. The normalized spacial score (nSPS) is 13.2. The molecule has 0 atom stereocenters. The molecule has 0 saturated carbocycles. The third-order valence-corrected chi connectivity index (χ3v) is 4.37. The van der Waals surface area contributed by atoms with E-state index in [9.17, 15) is 14.4 Å². The van der Waals surface area contributed by atoms with Gasteiger partial charge in [-0.25, -0.2) is 14.7 Å². The monoisotopic (exact) mass is 346 g/mol. The van der Waals surface area contributed by atoms with Crippen LogP contribution >= 0.6 is 0 Å². The number of aromatic nitrogens is 1. The first-order chi connectivity index (χ1) is 12.5. The summed E-state index contributed by atoms with van der Waals surface area (Å²) in [5.41, 5.74) is 1.86. The first-order valence-corrected chi connectivity index (χ1v) is 7.99. The molecule has 2 heterocycles. The molecule has 2 aromatic carbocycles. The van der Waals surface area contributed by atoms with Gasteiger partial charge in [-0.05, 0) is 31.2 Å². The molecule has 6 heteroatoms. The lowest BCUT2D eigenvalue weighted by Crippen LogP contribution is -2.29. The van der Waals surface area contributed by atoms with Crippen molar-refractivity contribution in [3.8, 4) is 0 Å². The zero-order chi connectivity index (χ0) is 18.4. The molecule has 1 aromatic heterocycles. The second-order valence-corrected chi connectivity index (χ2v) is 6.00. The first kappa shape index (κ1) is 16.0. The predicted octanol–water partition coefficient (Wildman–Crippen LogP) is 3.13. The summed E-state index contributed by atoms with van der Waals surface area (Å²) in [7, 11) is 1.21. The third kappa shape index (κ3) is 2.19. The van der Waals surface area contributed by atoms with Crippen LogP contribution in [-0.4, -0.2) is 29.9 Å². The Balaban J connectivity index is 2.06. The summed E-state index contributed by atoms with van der Waals surface area (Å²) < 4.78 is 4.78. The van der Waals surface area contributed by atoms with Crippen molar-refractivity contribution < 1.29 is 19.1 Å². The Labute approximate surface area is 149 Å². The van der Waals surface area contributed by atoms with Gasteiger partial charge in [0.05, 0.1) is 29.4 Å². The van der Waals surface area contributed by atoms with Gasteiger partial charge in [0.25, 0.3) is 11.8 Å². The van der Waals surface area contributed by atoms with Crippen LogP contribution in [0.25, 0.3) is 10.9 Å². The van der Waals surface area contributed by atoms with Gasteiger partial charge in [-0.15, -0.1) is 0 Å². The standard InChI is InChI=1S/C20H14N2O4/c1-11-8-9-14-13(10-11)15-16(17(21-14)20(25)26-2)19(24)22(18(15)23)12-6-4-3-5-7-12/h3-10H,1-2H3. The molecule has 0 N–H and O–H groups in total. The average Bonchev–Trinajstić information content (AvgIpc) is 2.92. The smallest absolute Gasteiger partial charge is 0.357 e. The number of hydrogen-bond donors (Lipinski definition) is 0. The molecule has 6 nitrogen and oxygen atoms in total. The van der Waals surface area contributed by atoms with Crippen molar-refractivity contribution in [1.29, 1.82) is 0 Å². The molecular formula is C20H14N2O4. The fourth-order valence-electron chi connectivity index (χ4n) is 3.18. The molecule has 26 heavy (non-hydrogen) atoms. The highest BCUT2D eigenvalue weighted by Gasteiger charge is 2.42. The van der Waals surface area contributed by atoms with Gasteiger partial charge in [0, 0.05) is 5.39 Å². The van der Waals surface area contributed by atoms with Crippen LogP contribution in [0.3, 0.4) is 0 Å². The Morgan fingerprint density at radius 1 is 1.00 bits per heavy atom. The molecule has 2 amide bonds. The second-order valence-electron chi connectivity index (χ2n) is 6.00. The number of carbonyl (C=O) groups excluding carboxylic acids is 3. The number of ether oxygens (including phenoxy) is 1. The van der Waals surface area contributed by atoms with Crippen molar-refractivity contribution in [2.24, 2.45) is 0 Å². The van der Waals surface area contributed by atoms with Crippen LogP contribution in [0.15, 0.2) is 48.5 Å². The van der Waals surface area contributed by atoms with Crippen LogP contribution in [-0.2, 0) is 4.74 Å².